The average Bonchev–Trinajstić information content (AvgIpc) is 1.70. The minimum atomic E-state index is -4.87. The summed E-state index contributed by atoms with van der Waals surface area (Å²) in [5, 5.41) is 10.1. The molecule has 0 aromatic heterocycles. The molecule has 1 aromatic carbocycles. The van der Waals surface area contributed by atoms with E-state index in [1.54, 1.807) is 20.3 Å². The molecule has 0 saturated carbocycles. The minimum absolute atomic E-state index is 0.00776. The number of aliphatic carboxylic acids is 1. The van der Waals surface area contributed by atoms with Crippen molar-refractivity contribution in [1.29, 1.82) is 0 Å². The van der Waals surface area contributed by atoms with Crippen molar-refractivity contribution in [2.75, 3.05) is 190 Å². The molecule has 482 valence electrons. The second kappa shape index (κ2) is 40.3. The summed E-state index contributed by atoms with van der Waals surface area (Å²) >= 11 is 0. The van der Waals surface area contributed by atoms with Gasteiger partial charge in [-0.25, -0.2) is 13.0 Å². The van der Waals surface area contributed by atoms with Crippen LogP contribution < -0.4 is 14.8 Å². The Balaban J connectivity index is 1.54. The van der Waals surface area contributed by atoms with Crippen LogP contribution in [-0.2, 0) is 92.7 Å². The number of rotatable bonds is 49. The maximum atomic E-state index is 12.3. The van der Waals surface area contributed by atoms with E-state index in [1.165, 1.54) is 12.1 Å². The number of carbonyl (C=O) groups is 1. The molecule has 1 unspecified atom stereocenters. The quantitative estimate of drug-likeness (QED) is 0.0383. The average molecular weight is 1240 g/mol. The van der Waals surface area contributed by atoms with Crippen molar-refractivity contribution in [2.45, 2.75) is 81.9 Å². The molecule has 1 aromatic rings. The second-order valence-electron chi connectivity index (χ2n) is 21.2. The fourth-order valence-corrected chi connectivity index (χ4v) is 10.3. The third-order valence-electron chi connectivity index (χ3n) is 13.7. The van der Waals surface area contributed by atoms with Crippen LogP contribution in [0.4, 0.5) is 5.69 Å². The number of anilines is 1. The van der Waals surface area contributed by atoms with Crippen molar-refractivity contribution in [3.8, 4) is 11.3 Å². The second-order valence-corrected chi connectivity index (χ2v) is 24.2. The number of hydrogen-bond acceptors (Lipinski definition) is 20. The summed E-state index contributed by atoms with van der Waals surface area (Å²) in [4.78, 5) is 12.9. The largest absolute Gasteiger partial charge is 0.744 e. The summed E-state index contributed by atoms with van der Waals surface area (Å²) in [6, 6.07) is 12.3. The smallest absolute Gasteiger partial charge is 0.303 e. The van der Waals surface area contributed by atoms with Gasteiger partial charge in [0.1, 0.15) is 34.9 Å². The molecule has 0 spiro atoms. The number of methoxy groups -OCH3 is 2. The lowest BCUT2D eigenvalue weighted by molar-refractivity contribution is -0.137. The first-order chi connectivity index (χ1) is 40.8. The maximum Gasteiger partial charge on any atom is 0.303 e. The van der Waals surface area contributed by atoms with Gasteiger partial charge in [-0.05, 0) is 91.6 Å². The summed E-state index contributed by atoms with van der Waals surface area (Å²) < 4.78 is 146. The van der Waals surface area contributed by atoms with Crippen molar-refractivity contribution >= 4 is 38.0 Å². The molecule has 0 bridgehead atoms. The van der Waals surface area contributed by atoms with Crippen LogP contribution in [0.3, 0.4) is 0 Å². The zero-order valence-corrected chi connectivity index (χ0v) is 52.4. The molecule has 23 nitrogen and oxygen atoms in total. The monoisotopic (exact) mass is 1240 g/mol. The van der Waals surface area contributed by atoms with E-state index in [0.29, 0.717) is 213 Å². The molecule has 4 rings (SSSR count). The van der Waals surface area contributed by atoms with Gasteiger partial charge in [-0.3, -0.25) is 9.35 Å². The number of unbranched alkanes of at least 4 members (excludes halogenated alkanes) is 2. The number of nitrogens with zero attached hydrogens (tertiary/aromatic N) is 2. The van der Waals surface area contributed by atoms with Gasteiger partial charge in [0.2, 0.25) is 5.36 Å². The van der Waals surface area contributed by atoms with E-state index in [2.05, 4.69) is 37.5 Å². The molecule has 1 atom stereocenters. The zero-order chi connectivity index (χ0) is 61.8. The van der Waals surface area contributed by atoms with Crippen LogP contribution in [0.25, 0.3) is 17.4 Å². The van der Waals surface area contributed by atoms with Crippen molar-refractivity contribution in [3.63, 3.8) is 0 Å². The van der Waals surface area contributed by atoms with Gasteiger partial charge in [0.05, 0.1) is 149 Å². The molecule has 2 heterocycles. The number of carboxylic acids is 1. The van der Waals surface area contributed by atoms with E-state index in [1.807, 2.05) is 42.2 Å². The fraction of sp³-hybridized carbons (Fsp3) is 0.667. The Morgan fingerprint density at radius 2 is 1.13 bits per heavy atom. The van der Waals surface area contributed by atoms with Gasteiger partial charge in [0.25, 0.3) is 10.1 Å². The molecular formula is C60H94N2O21S2. The first kappa shape index (κ1) is 73.2. The van der Waals surface area contributed by atoms with Gasteiger partial charge in [-0.15, -0.1) is 0 Å². The van der Waals surface area contributed by atoms with Gasteiger partial charge >= 0.3 is 5.97 Å². The Morgan fingerprint density at radius 3 is 1.58 bits per heavy atom. The van der Waals surface area contributed by atoms with Crippen LogP contribution in [0.1, 0.15) is 83.1 Å². The normalized spacial score (nSPS) is 15.3. The Hall–Kier alpha value is -4.26. The van der Waals surface area contributed by atoms with Crippen LogP contribution in [0.5, 0.6) is 0 Å². The number of allylic oxidation sites excluding steroid dienone is 3. The highest BCUT2D eigenvalue weighted by Crippen LogP contribution is 2.51. The Bertz CT molecular complexity index is 2670. The SMILES string of the molecule is COCCOCCOCCOCCOCCOCC[N+](CCOCCOCCOCCOCCOCCOC)=c1ccc2c(C(C)(C)C)cc(/C=C/C=C3/N(CCCCCC(=O)O)c4ccc(S(=O)(=O)[O-])cc4C3(C)CCCS(=O)(=O)O)oc-2c1. The van der Waals surface area contributed by atoms with Crippen molar-refractivity contribution < 1.29 is 97.1 Å². The molecule has 2 N–H and O–H groups in total. The predicted molar refractivity (Wildman–Crippen MR) is 319 cm³/mol. The molecule has 0 fully saturated rings. The van der Waals surface area contributed by atoms with Crippen molar-refractivity contribution in [1.82, 2.24) is 4.58 Å². The van der Waals surface area contributed by atoms with E-state index in [4.69, 9.17) is 61.3 Å². The van der Waals surface area contributed by atoms with Crippen molar-refractivity contribution in [2.24, 2.45) is 0 Å². The van der Waals surface area contributed by atoms with Crippen LogP contribution in [0, 0.1) is 0 Å². The number of carboxylic acid groups (broad SMARTS) is 1. The van der Waals surface area contributed by atoms with Gasteiger partial charge < -0.3 is 75.8 Å². The highest BCUT2D eigenvalue weighted by molar-refractivity contribution is 7.86. The third kappa shape index (κ3) is 28.6. The fourth-order valence-electron chi connectivity index (χ4n) is 9.32. The zero-order valence-electron chi connectivity index (χ0n) is 50.8. The molecule has 0 saturated heterocycles. The maximum absolute atomic E-state index is 12.3. The molecule has 25 heteroatoms. The predicted octanol–water partition coefficient (Wildman–Crippen LogP) is 5.81. The van der Waals surface area contributed by atoms with Crippen LogP contribution in [0.2, 0.25) is 0 Å². The van der Waals surface area contributed by atoms with Crippen molar-refractivity contribution in [3.05, 3.63) is 82.6 Å². The Morgan fingerprint density at radius 1 is 0.647 bits per heavy atom. The molecule has 1 aliphatic carbocycles. The van der Waals surface area contributed by atoms with E-state index < -0.39 is 42.3 Å². The van der Waals surface area contributed by atoms with E-state index in [9.17, 15) is 35.8 Å². The number of benzene rings is 2. The summed E-state index contributed by atoms with van der Waals surface area (Å²) in [6.45, 7) is 19.7. The third-order valence-corrected chi connectivity index (χ3v) is 15.3. The van der Waals surface area contributed by atoms with Crippen LogP contribution in [0.15, 0.2) is 69.6 Å². The number of hydrogen-bond donors (Lipinski definition) is 2. The highest BCUT2D eigenvalue weighted by atomic mass is 32.2. The van der Waals surface area contributed by atoms with Gasteiger partial charge in [0.15, 0.2) is 13.1 Å². The van der Waals surface area contributed by atoms with Gasteiger partial charge in [0, 0.05) is 55.6 Å². The van der Waals surface area contributed by atoms with E-state index >= 15 is 0 Å². The summed E-state index contributed by atoms with van der Waals surface area (Å²) in [5.74, 6) is -0.268. The molecule has 85 heavy (non-hydrogen) atoms. The Kier molecular flexibility index (Phi) is 34.7. The van der Waals surface area contributed by atoms with E-state index in [-0.39, 0.29) is 24.7 Å². The summed E-state index contributed by atoms with van der Waals surface area (Å²) in [7, 11) is -5.95. The molecule has 0 radical (unpaired) electrons. The number of ether oxygens (including phenoxy) is 12. The van der Waals surface area contributed by atoms with Gasteiger partial charge in [-0.1, -0.05) is 33.3 Å². The van der Waals surface area contributed by atoms with Crippen LogP contribution >= 0.6 is 0 Å². The lowest BCUT2D eigenvalue weighted by Gasteiger charge is -2.30. The van der Waals surface area contributed by atoms with E-state index in [0.717, 1.165) is 16.5 Å². The molecule has 2 aliphatic heterocycles. The number of fused-ring (bicyclic) bond motifs is 2. The first-order valence-electron chi connectivity index (χ1n) is 29.1. The molecule has 0 amide bonds. The minimum Gasteiger partial charge on any atom is -0.744 e. The topological polar surface area (TPSA) is 279 Å². The summed E-state index contributed by atoms with van der Waals surface area (Å²) in [5.41, 5.74) is 2.44. The first-order valence-corrected chi connectivity index (χ1v) is 32.2. The Labute approximate surface area is 503 Å². The molecular weight excluding hydrogens is 1150 g/mol. The lowest BCUT2D eigenvalue weighted by Crippen LogP contribution is -2.36. The summed E-state index contributed by atoms with van der Waals surface area (Å²) in [6.07, 6.45) is 7.33. The lowest BCUT2D eigenvalue weighted by atomic mass is 9.77. The van der Waals surface area contributed by atoms with Gasteiger partial charge in [-0.2, -0.15) is 8.42 Å². The molecule has 3 aliphatic rings. The highest BCUT2D eigenvalue weighted by Gasteiger charge is 2.43. The van der Waals surface area contributed by atoms with Crippen LogP contribution in [-0.4, -0.2) is 222 Å². The standard InChI is InChI=1S/C60H94N2O21S2/c1-59(2,3)53-47-50(12-10-13-57-60(4,19-11-45-84(65,66)67)54-48-51(85(68,69)70)16-18-55(54)62(57)20-9-7-8-14-58(63)64)83-56-46-49(15-17-52(53)56)61(21-23-73-29-31-77-37-39-81-43-41-79-35-33-75-27-25-71-5)22-24-74-30-32-78-38-40-82-44-42-80-36-34-76-28-26-72-6/h10,12-13,15-18,46-48H,7-9,11,14,19-45H2,1-6H3,(H2-,63,64,65,66,67,68,69,70).